The smallest absolute Gasteiger partial charge is 0.449 e. The highest BCUT2D eigenvalue weighted by atomic mass is 16.9. The molecule has 0 aliphatic heterocycles. The summed E-state index contributed by atoms with van der Waals surface area (Å²) >= 11 is 0. The number of rotatable bonds is 2. The van der Waals surface area contributed by atoms with Crippen molar-refractivity contribution in [3.05, 3.63) is 121 Å². The Kier molecular flexibility index (Phi) is 11.6. The van der Waals surface area contributed by atoms with Crippen LogP contribution in [0.5, 0.6) is 0 Å². The molecule has 0 aliphatic carbocycles. The van der Waals surface area contributed by atoms with Gasteiger partial charge >= 0.3 is 24.6 Å². The third-order valence-corrected chi connectivity index (χ3v) is 4.27. The zero-order chi connectivity index (χ0) is 26.9. The molecule has 0 saturated heterocycles. The lowest BCUT2D eigenvalue weighted by atomic mass is 10.1. The number of benzene rings is 4. The van der Waals surface area contributed by atoms with Crippen LogP contribution in [0.2, 0.25) is 0 Å². The van der Waals surface area contributed by atoms with Crippen molar-refractivity contribution in [2.24, 2.45) is 0 Å². The molecule has 0 heterocycles. The van der Waals surface area contributed by atoms with Crippen molar-refractivity contribution in [3.63, 3.8) is 0 Å². The van der Waals surface area contributed by atoms with Crippen LogP contribution in [0.1, 0.15) is 0 Å². The molecule has 9 nitrogen and oxygen atoms in total. The van der Waals surface area contributed by atoms with Crippen molar-refractivity contribution in [2.75, 3.05) is 0 Å². The first-order valence-corrected chi connectivity index (χ1v) is 10.6. The maximum absolute atomic E-state index is 10.1. The van der Waals surface area contributed by atoms with Gasteiger partial charge in [-0.15, -0.1) is 0 Å². The first-order chi connectivity index (χ1) is 17.8. The molecule has 0 unspecified atom stereocenters. The molecular formula is C28H22O9. The van der Waals surface area contributed by atoms with Crippen molar-refractivity contribution < 1.29 is 43.6 Å². The van der Waals surface area contributed by atoms with Gasteiger partial charge in [0.2, 0.25) is 0 Å². The Morgan fingerprint density at radius 3 is 0.784 bits per heavy atom. The Morgan fingerprint density at radius 2 is 0.595 bits per heavy atom. The van der Waals surface area contributed by atoms with Crippen LogP contribution in [0.25, 0.3) is 22.3 Å². The fourth-order valence-corrected chi connectivity index (χ4v) is 2.77. The highest BCUT2D eigenvalue weighted by Gasteiger charge is 2.18. The molecule has 0 bridgehead atoms. The predicted octanol–water partition coefficient (Wildman–Crippen LogP) is 7.34. The number of carbonyl (C=O) groups is 4. The van der Waals surface area contributed by atoms with E-state index in [9.17, 15) is 19.2 Å². The van der Waals surface area contributed by atoms with Crippen LogP contribution in [0, 0.1) is 0 Å². The zero-order valence-electron chi connectivity index (χ0n) is 19.3. The second kappa shape index (κ2) is 15.5. The summed E-state index contributed by atoms with van der Waals surface area (Å²) in [5.41, 5.74) is 5.10. The molecule has 0 spiro atoms. The van der Waals surface area contributed by atoms with E-state index in [1.807, 2.05) is 24.3 Å². The van der Waals surface area contributed by atoms with Gasteiger partial charge < -0.3 is 24.4 Å². The van der Waals surface area contributed by atoms with Crippen molar-refractivity contribution in [2.45, 2.75) is 0 Å². The van der Waals surface area contributed by atoms with Gasteiger partial charge in [0, 0.05) is 0 Å². The zero-order valence-corrected chi connectivity index (χ0v) is 19.3. The molecule has 188 valence electrons. The summed E-state index contributed by atoms with van der Waals surface area (Å²) < 4.78 is 9.92. The van der Waals surface area contributed by atoms with E-state index in [-0.39, 0.29) is 0 Å². The average Bonchev–Trinajstić information content (AvgIpc) is 2.90. The minimum Gasteiger partial charge on any atom is -0.449 e. The van der Waals surface area contributed by atoms with Crippen LogP contribution < -0.4 is 0 Å². The molecule has 4 aromatic carbocycles. The average molecular weight is 502 g/mol. The van der Waals surface area contributed by atoms with Gasteiger partial charge in [0.15, 0.2) is 0 Å². The van der Waals surface area contributed by atoms with E-state index in [4.69, 9.17) is 10.2 Å². The Bertz CT molecular complexity index is 1080. The van der Waals surface area contributed by atoms with Gasteiger partial charge in [-0.1, -0.05) is 121 Å². The molecule has 0 saturated carbocycles. The fourth-order valence-electron chi connectivity index (χ4n) is 2.77. The van der Waals surface area contributed by atoms with Gasteiger partial charge in [-0.2, -0.15) is 0 Å². The van der Waals surface area contributed by atoms with Gasteiger partial charge in [-0.3, -0.25) is 0 Å². The van der Waals surface area contributed by atoms with Crippen LogP contribution in [0.4, 0.5) is 19.2 Å². The molecule has 0 aromatic heterocycles. The van der Waals surface area contributed by atoms with E-state index >= 15 is 0 Å². The summed E-state index contributed by atoms with van der Waals surface area (Å²) in [6.07, 6.45) is -7.82. The highest BCUT2D eigenvalue weighted by Crippen LogP contribution is 2.18. The molecule has 0 radical (unpaired) electrons. The molecule has 2 N–H and O–H groups in total. The number of carbonyl (C=O) groups excluding carboxylic acids is 2. The van der Waals surface area contributed by atoms with Crippen molar-refractivity contribution in [1.29, 1.82) is 0 Å². The minimum atomic E-state index is -2.01. The van der Waals surface area contributed by atoms with Crippen molar-refractivity contribution in [1.82, 2.24) is 0 Å². The third-order valence-electron chi connectivity index (χ3n) is 4.27. The Morgan fingerprint density at radius 1 is 0.378 bits per heavy atom. The standard InChI is InChI=1S/2C12H10.C4H2O9/c2*1-3-7-11(8-4-1)12-9-5-2-6-10-12;5-1(6)11-3(9)13-4(10)12-2(7)8/h2*1-10H;(H,5,6)(H,7,8). The molecule has 4 rings (SSSR count). The van der Waals surface area contributed by atoms with E-state index in [1.165, 1.54) is 22.3 Å². The number of hydrogen-bond acceptors (Lipinski definition) is 7. The molecule has 0 amide bonds. The maximum atomic E-state index is 10.1. The number of carboxylic acid groups (broad SMARTS) is 2. The van der Waals surface area contributed by atoms with Gasteiger partial charge in [0.05, 0.1) is 0 Å². The molecule has 0 aliphatic rings. The maximum Gasteiger partial charge on any atom is 0.528 e. The predicted molar refractivity (Wildman–Crippen MR) is 134 cm³/mol. The van der Waals surface area contributed by atoms with Crippen molar-refractivity contribution >= 4 is 24.6 Å². The minimum absolute atomic E-state index is 1.28. The Labute approximate surface area is 212 Å². The van der Waals surface area contributed by atoms with Crippen LogP contribution >= 0.6 is 0 Å². The van der Waals surface area contributed by atoms with E-state index in [0.29, 0.717) is 0 Å². The summed E-state index contributed by atoms with van der Waals surface area (Å²) in [6, 6.07) is 41.6. The van der Waals surface area contributed by atoms with Gasteiger partial charge in [0.25, 0.3) is 0 Å². The molecule has 37 heavy (non-hydrogen) atoms. The van der Waals surface area contributed by atoms with Gasteiger partial charge in [-0.25, -0.2) is 19.2 Å². The van der Waals surface area contributed by atoms with E-state index in [0.717, 1.165) is 0 Å². The topological polar surface area (TPSA) is 136 Å². The highest BCUT2D eigenvalue weighted by molar-refractivity contribution is 5.86. The summed E-state index contributed by atoms with van der Waals surface area (Å²) in [7, 11) is 0. The molecule has 4 aromatic rings. The normalized spacial score (nSPS) is 9.19. The lowest BCUT2D eigenvalue weighted by Crippen LogP contribution is -2.19. The van der Waals surface area contributed by atoms with Gasteiger partial charge in [-0.05, 0) is 22.3 Å². The first-order valence-electron chi connectivity index (χ1n) is 10.6. The van der Waals surface area contributed by atoms with E-state index in [2.05, 4.69) is 111 Å². The van der Waals surface area contributed by atoms with Crippen LogP contribution in [-0.2, 0) is 14.2 Å². The quantitative estimate of drug-likeness (QED) is 0.213. The molecule has 9 heteroatoms. The summed E-state index contributed by atoms with van der Waals surface area (Å²) in [5, 5.41) is 15.6. The fraction of sp³-hybridized carbons (Fsp3) is 0. The Balaban J connectivity index is 0.000000195. The monoisotopic (exact) mass is 502 g/mol. The number of ether oxygens (including phenoxy) is 3. The number of hydrogen-bond donors (Lipinski definition) is 2. The second-order valence-corrected chi connectivity index (χ2v) is 6.80. The van der Waals surface area contributed by atoms with Crippen molar-refractivity contribution in [3.8, 4) is 22.3 Å². The van der Waals surface area contributed by atoms with E-state index < -0.39 is 24.6 Å². The lowest BCUT2D eigenvalue weighted by molar-refractivity contribution is 0.0415. The summed E-state index contributed by atoms with van der Waals surface area (Å²) in [5.74, 6) is 0. The van der Waals surface area contributed by atoms with Crippen LogP contribution in [-0.4, -0.2) is 34.8 Å². The third kappa shape index (κ3) is 11.5. The second-order valence-electron chi connectivity index (χ2n) is 6.80. The summed E-state index contributed by atoms with van der Waals surface area (Å²) in [6.45, 7) is 0. The van der Waals surface area contributed by atoms with E-state index in [1.54, 1.807) is 0 Å². The first kappa shape index (κ1) is 27.8. The molecular weight excluding hydrogens is 480 g/mol. The largest absolute Gasteiger partial charge is 0.528 e. The SMILES string of the molecule is O=C(O)OC(=O)OC(=O)OC(=O)O.c1ccc(-c2ccccc2)cc1.c1ccc(-c2ccccc2)cc1. The lowest BCUT2D eigenvalue weighted by Gasteiger charge is -1.98. The summed E-state index contributed by atoms with van der Waals surface area (Å²) in [4.78, 5) is 39.5. The van der Waals surface area contributed by atoms with Crippen LogP contribution in [0.15, 0.2) is 121 Å². The Hall–Kier alpha value is -5.44. The van der Waals surface area contributed by atoms with Gasteiger partial charge in [0.1, 0.15) is 0 Å². The molecule has 0 atom stereocenters. The van der Waals surface area contributed by atoms with Crippen LogP contribution in [0.3, 0.4) is 0 Å². The molecule has 0 fully saturated rings.